The molecule has 3 heteroatoms. The zero-order chi connectivity index (χ0) is 11.1. The van der Waals surface area contributed by atoms with E-state index in [1.807, 2.05) is 0 Å². The molecule has 0 amide bonds. The maximum absolute atomic E-state index is 6.78. The lowest BCUT2D eigenvalue weighted by atomic mass is 10.2. The van der Waals surface area contributed by atoms with E-state index in [4.69, 9.17) is 5.40 Å². The van der Waals surface area contributed by atoms with Gasteiger partial charge in [-0.2, -0.15) is 13.1 Å². The van der Waals surface area contributed by atoms with E-state index < -0.39 is 7.75 Å². The van der Waals surface area contributed by atoms with Crippen molar-refractivity contribution in [2.75, 3.05) is 0 Å². The van der Waals surface area contributed by atoms with Crippen LogP contribution in [-0.4, -0.2) is 16.1 Å². The van der Waals surface area contributed by atoms with Gasteiger partial charge in [0.1, 0.15) is 0 Å². The van der Waals surface area contributed by atoms with Crippen LogP contribution in [0.25, 0.3) is 0 Å². The summed E-state index contributed by atoms with van der Waals surface area (Å²) in [6, 6.07) is 0. The molecular weight excluding hydrogens is 190 g/mol. The molecular formula is C10H26NSi2-. The van der Waals surface area contributed by atoms with Gasteiger partial charge in [0.05, 0.1) is 0 Å². The molecule has 0 heterocycles. The Morgan fingerprint density at radius 1 is 0.846 bits per heavy atom. The van der Waals surface area contributed by atoms with E-state index in [2.05, 4.69) is 54.6 Å². The Morgan fingerprint density at radius 3 is 1.08 bits per heavy atom. The number of hydrogen-bond acceptors (Lipinski definition) is 1. The van der Waals surface area contributed by atoms with Crippen LogP contribution in [-0.2, 0) is 0 Å². The monoisotopic (exact) mass is 216 g/mol. The highest BCUT2D eigenvalue weighted by atomic mass is 29.2. The first-order chi connectivity index (χ1) is 5.44. The summed E-state index contributed by atoms with van der Waals surface area (Å²) in [5.41, 5.74) is 0. The van der Waals surface area contributed by atoms with Crippen LogP contribution < -0.4 is 5.40 Å². The van der Waals surface area contributed by atoms with E-state index in [0.717, 1.165) is 0 Å². The predicted molar refractivity (Wildman–Crippen MR) is 66.9 cm³/mol. The lowest BCUT2D eigenvalue weighted by molar-refractivity contribution is 0.628. The molecule has 0 bridgehead atoms. The van der Waals surface area contributed by atoms with Gasteiger partial charge >= 0.3 is 0 Å². The quantitative estimate of drug-likeness (QED) is 0.669. The molecule has 0 radical (unpaired) electrons. The van der Waals surface area contributed by atoms with Gasteiger partial charge in [-0.25, -0.2) is 8.31 Å². The minimum Gasteiger partial charge on any atom is -0.378 e. The highest BCUT2D eigenvalue weighted by molar-refractivity contribution is 7.33. The van der Waals surface area contributed by atoms with E-state index in [0.29, 0.717) is 10.1 Å². The summed E-state index contributed by atoms with van der Waals surface area (Å²) < 4.78 is 0. The molecule has 0 spiro atoms. The smallest absolute Gasteiger partial charge is 0.0254 e. The van der Waals surface area contributed by atoms with Crippen molar-refractivity contribution in [1.82, 2.24) is 0 Å². The van der Waals surface area contributed by atoms with Gasteiger partial charge in [-0.05, 0) is 7.75 Å². The second-order valence-corrected chi connectivity index (χ2v) is 18.3. The molecule has 80 valence electrons. The predicted octanol–water partition coefficient (Wildman–Crippen LogP) is 3.32. The van der Waals surface area contributed by atoms with Gasteiger partial charge in [-0.3, -0.25) is 0 Å². The van der Waals surface area contributed by atoms with E-state index in [1.165, 1.54) is 0 Å². The van der Waals surface area contributed by atoms with E-state index >= 15 is 0 Å². The van der Waals surface area contributed by atoms with Crippen LogP contribution in [0.5, 0.6) is 0 Å². The fourth-order valence-corrected chi connectivity index (χ4v) is 16.9. The minimum absolute atomic E-state index is 0.322. The molecule has 0 atom stereocenters. The van der Waals surface area contributed by atoms with E-state index in [-0.39, 0.29) is 8.31 Å². The third-order valence-corrected chi connectivity index (χ3v) is 18.7. The topological polar surface area (TPSA) is 26.0 Å². The van der Waals surface area contributed by atoms with Gasteiger partial charge in [-0.1, -0.05) is 51.6 Å². The Kier molecular flexibility index (Phi) is 3.62. The van der Waals surface area contributed by atoms with Crippen molar-refractivity contribution in [2.45, 2.75) is 64.7 Å². The first-order valence-electron chi connectivity index (χ1n) is 5.04. The Bertz CT molecular complexity index is 160. The maximum atomic E-state index is 6.78. The molecule has 13 heavy (non-hydrogen) atoms. The highest BCUT2D eigenvalue weighted by Crippen LogP contribution is 2.48. The normalized spacial score (nSPS) is 15.2. The molecule has 0 saturated heterocycles. The fourth-order valence-electron chi connectivity index (χ4n) is 2.62. The summed E-state index contributed by atoms with van der Waals surface area (Å²) in [6.07, 6.45) is 0. The summed E-state index contributed by atoms with van der Waals surface area (Å²) in [5.74, 6) is 0. The summed E-state index contributed by atoms with van der Waals surface area (Å²) >= 11 is 0. The molecule has 0 aromatic carbocycles. The molecule has 0 aliphatic carbocycles. The lowest BCUT2D eigenvalue weighted by Gasteiger charge is -2.60. The summed E-state index contributed by atoms with van der Waals surface area (Å²) in [4.78, 5) is 0. The average molecular weight is 216 g/mol. The van der Waals surface area contributed by atoms with Crippen molar-refractivity contribution >= 4 is 16.1 Å². The van der Waals surface area contributed by atoms with Crippen LogP contribution >= 0.6 is 0 Å². The van der Waals surface area contributed by atoms with Crippen LogP contribution in [0.15, 0.2) is 0 Å². The van der Waals surface area contributed by atoms with Crippen LogP contribution in [0.3, 0.4) is 0 Å². The Balaban J connectivity index is 5.22. The van der Waals surface area contributed by atoms with Crippen LogP contribution in [0.4, 0.5) is 0 Å². The molecule has 0 saturated carbocycles. The third kappa shape index (κ3) is 2.25. The van der Waals surface area contributed by atoms with Crippen LogP contribution in [0.1, 0.15) is 41.5 Å². The van der Waals surface area contributed by atoms with Crippen molar-refractivity contribution < 1.29 is 0 Å². The van der Waals surface area contributed by atoms with Crippen LogP contribution in [0.2, 0.25) is 23.2 Å². The lowest BCUT2D eigenvalue weighted by Crippen LogP contribution is -2.68. The molecule has 0 fully saturated rings. The Morgan fingerprint density at radius 2 is 1.08 bits per heavy atom. The van der Waals surface area contributed by atoms with Gasteiger partial charge in [0, 0.05) is 0 Å². The Hall–Kier alpha value is 0.394. The molecule has 0 aromatic heterocycles. The number of hydrogen-bond donors (Lipinski definition) is 1. The average Bonchev–Trinajstić information content (AvgIpc) is 1.80. The summed E-state index contributed by atoms with van der Waals surface area (Å²) in [6.45, 7) is 18.7. The molecule has 1 nitrogen and oxygen atoms in total. The van der Waals surface area contributed by atoms with Gasteiger partial charge in [0.15, 0.2) is 0 Å². The number of nitrogens with two attached hydrogens (primary N) is 1. The summed E-state index contributed by atoms with van der Waals surface area (Å²) in [7, 11) is -2.00. The zero-order valence-electron chi connectivity index (χ0n) is 10.6. The first kappa shape index (κ1) is 13.4. The van der Waals surface area contributed by atoms with Crippen molar-refractivity contribution in [1.29, 1.82) is 0 Å². The van der Waals surface area contributed by atoms with Gasteiger partial charge in [-0.15, -0.1) is 0 Å². The van der Waals surface area contributed by atoms with E-state index in [9.17, 15) is 0 Å². The van der Waals surface area contributed by atoms with Crippen molar-refractivity contribution in [2.24, 2.45) is 5.40 Å². The van der Waals surface area contributed by atoms with Crippen LogP contribution in [0, 0.1) is 0 Å². The molecule has 0 aliphatic heterocycles. The number of rotatable bonds is 1. The van der Waals surface area contributed by atoms with Crippen molar-refractivity contribution in [3.63, 3.8) is 0 Å². The fraction of sp³-hybridized carbons (Fsp3) is 1.00. The van der Waals surface area contributed by atoms with Gasteiger partial charge in [0.25, 0.3) is 0 Å². The van der Waals surface area contributed by atoms with Gasteiger partial charge in [0.2, 0.25) is 0 Å². The van der Waals surface area contributed by atoms with Crippen molar-refractivity contribution in [3.8, 4) is 0 Å². The Labute approximate surface area is 86.6 Å². The maximum Gasteiger partial charge on any atom is -0.0254 e. The molecule has 0 rings (SSSR count). The van der Waals surface area contributed by atoms with Crippen molar-refractivity contribution in [3.05, 3.63) is 0 Å². The summed E-state index contributed by atoms with van der Waals surface area (Å²) in [5, 5.41) is 7.42. The minimum atomic E-state index is -1.63. The molecule has 0 unspecified atom stereocenters. The standard InChI is InChI=1S/C10H26NSi2/c1-9(2,3)13(11,12(7)8)10(4,5)6/h11H2,1-8H3/q-1. The van der Waals surface area contributed by atoms with E-state index in [1.54, 1.807) is 0 Å². The SMILES string of the molecule is C[Si-](C)[Si](N)(C(C)(C)C)C(C)(C)C. The first-order valence-corrected chi connectivity index (χ1v) is 10.6. The second kappa shape index (κ2) is 3.52. The zero-order valence-corrected chi connectivity index (χ0v) is 12.6. The van der Waals surface area contributed by atoms with Gasteiger partial charge < -0.3 is 5.40 Å². The second-order valence-electron chi connectivity index (χ2n) is 6.31. The molecule has 0 aliphatic rings. The highest BCUT2D eigenvalue weighted by Gasteiger charge is 2.43. The third-order valence-electron chi connectivity index (χ3n) is 3.15. The largest absolute Gasteiger partial charge is 0.378 e. The molecule has 2 N–H and O–H groups in total. The molecule has 0 aromatic rings.